The summed E-state index contributed by atoms with van der Waals surface area (Å²) in [7, 11) is 0. The summed E-state index contributed by atoms with van der Waals surface area (Å²) in [5.74, 6) is 0.424. The van der Waals surface area contributed by atoms with E-state index in [4.69, 9.17) is 4.42 Å². The van der Waals surface area contributed by atoms with Gasteiger partial charge in [-0.1, -0.05) is 6.07 Å². The number of anilines is 1. The minimum atomic E-state index is -0.413. The highest BCUT2D eigenvalue weighted by molar-refractivity contribution is 7.99. The first-order valence-electron chi connectivity index (χ1n) is 5.61. The number of nitrogens with zero attached hydrogens (tertiary/aromatic N) is 3. The molecule has 0 fully saturated rings. The number of aromatic nitrogens is 2. The van der Waals surface area contributed by atoms with Crippen molar-refractivity contribution in [1.29, 1.82) is 0 Å². The van der Waals surface area contributed by atoms with Crippen molar-refractivity contribution in [1.82, 2.24) is 10.2 Å². The van der Waals surface area contributed by atoms with Crippen LogP contribution in [0.4, 0.5) is 11.4 Å². The van der Waals surface area contributed by atoms with Crippen LogP contribution in [0.25, 0.3) is 0 Å². The van der Waals surface area contributed by atoms with E-state index in [9.17, 15) is 10.1 Å². The summed E-state index contributed by atoms with van der Waals surface area (Å²) in [6, 6.07) is 5.07. The van der Waals surface area contributed by atoms with E-state index in [2.05, 4.69) is 15.5 Å². The summed E-state index contributed by atoms with van der Waals surface area (Å²) >= 11 is 1.08. The van der Waals surface area contributed by atoms with Crippen molar-refractivity contribution in [2.24, 2.45) is 0 Å². The van der Waals surface area contributed by atoms with E-state index in [-0.39, 0.29) is 10.9 Å². The summed E-state index contributed by atoms with van der Waals surface area (Å²) < 4.78 is 5.22. The lowest BCUT2D eigenvalue weighted by atomic mass is 10.2. The molecule has 0 spiro atoms. The van der Waals surface area contributed by atoms with Gasteiger partial charge < -0.3 is 9.73 Å². The monoisotopic (exact) mass is 280 g/mol. The fourth-order valence-corrected chi connectivity index (χ4v) is 2.40. The zero-order valence-corrected chi connectivity index (χ0v) is 11.2. The molecule has 2 aromatic rings. The van der Waals surface area contributed by atoms with Crippen molar-refractivity contribution in [2.75, 3.05) is 11.9 Å². The van der Waals surface area contributed by atoms with Crippen molar-refractivity contribution in [3.05, 3.63) is 34.2 Å². The van der Waals surface area contributed by atoms with Gasteiger partial charge in [0, 0.05) is 13.5 Å². The summed E-state index contributed by atoms with van der Waals surface area (Å²) in [4.78, 5) is 11.3. The molecule has 7 nitrogen and oxygen atoms in total. The molecule has 0 aliphatic rings. The smallest absolute Gasteiger partial charge is 0.306 e. The topological polar surface area (TPSA) is 94.1 Å². The quantitative estimate of drug-likeness (QED) is 0.664. The predicted octanol–water partition coefficient (Wildman–Crippen LogP) is 2.87. The van der Waals surface area contributed by atoms with E-state index >= 15 is 0 Å². The summed E-state index contributed by atoms with van der Waals surface area (Å²) in [5.41, 5.74) is 0.499. The second kappa shape index (κ2) is 5.70. The van der Waals surface area contributed by atoms with Crippen molar-refractivity contribution in [3.63, 3.8) is 0 Å². The summed E-state index contributed by atoms with van der Waals surface area (Å²) in [6.07, 6.45) is 0. The van der Waals surface area contributed by atoms with Gasteiger partial charge >= 0.3 is 5.69 Å². The third kappa shape index (κ3) is 3.02. The van der Waals surface area contributed by atoms with Crippen LogP contribution < -0.4 is 5.32 Å². The van der Waals surface area contributed by atoms with Crippen molar-refractivity contribution in [2.45, 2.75) is 24.0 Å². The van der Waals surface area contributed by atoms with Crippen LogP contribution in [0.1, 0.15) is 12.8 Å². The Balaban J connectivity index is 2.38. The molecule has 0 radical (unpaired) electrons. The molecule has 2 rings (SSSR count). The molecule has 0 saturated heterocycles. The number of rotatable bonds is 5. The molecule has 0 amide bonds. The van der Waals surface area contributed by atoms with Crippen molar-refractivity contribution in [3.8, 4) is 0 Å². The number of hydrogen-bond donors (Lipinski definition) is 1. The molecular formula is C11H12N4O3S. The van der Waals surface area contributed by atoms with Gasteiger partial charge in [-0.05, 0) is 30.8 Å². The fraction of sp³-hybridized carbons (Fsp3) is 0.273. The van der Waals surface area contributed by atoms with Crippen LogP contribution >= 0.6 is 11.8 Å². The maximum Gasteiger partial charge on any atom is 0.306 e. The molecular weight excluding hydrogens is 268 g/mol. The summed E-state index contributed by atoms with van der Waals surface area (Å²) in [6.45, 7) is 4.15. The van der Waals surface area contributed by atoms with Crippen LogP contribution in [0.5, 0.6) is 0 Å². The Morgan fingerprint density at radius 1 is 1.47 bits per heavy atom. The molecule has 1 heterocycles. The number of benzene rings is 1. The third-order valence-corrected chi connectivity index (χ3v) is 3.14. The number of nitro groups is 1. The lowest BCUT2D eigenvalue weighted by Crippen LogP contribution is -2.02. The Hall–Kier alpha value is -2.09. The van der Waals surface area contributed by atoms with Crippen LogP contribution in [-0.4, -0.2) is 21.7 Å². The Kier molecular flexibility index (Phi) is 4.00. The average molecular weight is 280 g/mol. The van der Waals surface area contributed by atoms with E-state index in [0.29, 0.717) is 23.0 Å². The van der Waals surface area contributed by atoms with Gasteiger partial charge in [0.2, 0.25) is 5.89 Å². The van der Waals surface area contributed by atoms with Crippen LogP contribution in [0, 0.1) is 17.0 Å². The molecule has 19 heavy (non-hydrogen) atoms. The Bertz CT molecular complexity index is 599. The molecule has 0 bridgehead atoms. The fourth-order valence-electron chi connectivity index (χ4n) is 1.54. The Morgan fingerprint density at radius 2 is 2.26 bits per heavy atom. The molecule has 0 aliphatic carbocycles. The average Bonchev–Trinajstić information content (AvgIpc) is 2.75. The van der Waals surface area contributed by atoms with Gasteiger partial charge in [0.1, 0.15) is 5.69 Å². The second-order valence-corrected chi connectivity index (χ2v) is 4.62. The first-order chi connectivity index (χ1) is 9.11. The molecule has 0 unspecified atom stereocenters. The molecule has 1 N–H and O–H groups in total. The first kappa shape index (κ1) is 13.3. The van der Waals surface area contributed by atoms with Crippen molar-refractivity contribution >= 4 is 23.1 Å². The highest BCUT2D eigenvalue weighted by atomic mass is 32.2. The minimum absolute atomic E-state index is 0.0187. The lowest BCUT2D eigenvalue weighted by molar-refractivity contribution is -0.386. The molecule has 0 saturated carbocycles. The number of nitrogens with one attached hydrogen (secondary N) is 1. The molecule has 0 aliphatic heterocycles. The van der Waals surface area contributed by atoms with Gasteiger partial charge in [-0.25, -0.2) is 0 Å². The molecule has 1 aromatic heterocycles. The third-order valence-electron chi connectivity index (χ3n) is 2.25. The number of nitro benzene ring substituents is 1. The maximum atomic E-state index is 11.2. The number of hydrogen-bond acceptors (Lipinski definition) is 7. The second-order valence-electron chi connectivity index (χ2n) is 3.63. The van der Waals surface area contributed by atoms with Crippen molar-refractivity contribution < 1.29 is 9.34 Å². The van der Waals surface area contributed by atoms with E-state index in [1.54, 1.807) is 25.1 Å². The predicted molar refractivity (Wildman–Crippen MR) is 70.4 cm³/mol. The molecule has 0 atom stereocenters. The van der Waals surface area contributed by atoms with Crippen LogP contribution in [0.15, 0.2) is 32.7 Å². The van der Waals surface area contributed by atoms with E-state index in [0.717, 1.165) is 11.8 Å². The van der Waals surface area contributed by atoms with Crippen LogP contribution in [0.2, 0.25) is 0 Å². The normalized spacial score (nSPS) is 10.4. The van der Waals surface area contributed by atoms with Crippen LogP contribution in [-0.2, 0) is 0 Å². The van der Waals surface area contributed by atoms with E-state index < -0.39 is 4.92 Å². The first-order valence-corrected chi connectivity index (χ1v) is 6.42. The number of para-hydroxylation sites is 1. The van der Waals surface area contributed by atoms with E-state index in [1.807, 2.05) is 6.92 Å². The number of aryl methyl sites for hydroxylation is 1. The highest BCUT2D eigenvalue weighted by Crippen LogP contribution is 2.38. The highest BCUT2D eigenvalue weighted by Gasteiger charge is 2.21. The molecule has 1 aromatic carbocycles. The standard InChI is InChI=1S/C11H12N4O3S/c1-3-12-8-5-4-6-9(10(8)15(16)17)19-11-14-13-7(2)18-11/h4-6,12H,3H2,1-2H3. The minimum Gasteiger partial charge on any atom is -0.416 e. The van der Waals surface area contributed by atoms with E-state index in [1.165, 1.54) is 0 Å². The van der Waals surface area contributed by atoms with Crippen LogP contribution in [0.3, 0.4) is 0 Å². The lowest BCUT2D eigenvalue weighted by Gasteiger charge is -2.06. The zero-order chi connectivity index (χ0) is 13.8. The Labute approximate surface area is 113 Å². The molecule has 100 valence electrons. The SMILES string of the molecule is CCNc1cccc(Sc2nnc(C)o2)c1[N+](=O)[O-]. The van der Waals surface area contributed by atoms with Gasteiger partial charge in [0.25, 0.3) is 5.22 Å². The zero-order valence-electron chi connectivity index (χ0n) is 10.4. The van der Waals surface area contributed by atoms with Gasteiger partial charge in [0.15, 0.2) is 0 Å². The van der Waals surface area contributed by atoms with Gasteiger partial charge in [-0.3, -0.25) is 10.1 Å². The van der Waals surface area contributed by atoms with Gasteiger partial charge in [0.05, 0.1) is 9.82 Å². The molecule has 8 heteroatoms. The van der Waals surface area contributed by atoms with Gasteiger partial charge in [-0.2, -0.15) is 0 Å². The summed E-state index contributed by atoms with van der Waals surface area (Å²) in [5, 5.41) is 22.0. The Morgan fingerprint density at radius 3 is 2.84 bits per heavy atom. The van der Waals surface area contributed by atoms with Gasteiger partial charge in [-0.15, -0.1) is 10.2 Å². The largest absolute Gasteiger partial charge is 0.416 e. The maximum absolute atomic E-state index is 11.2.